The van der Waals surface area contributed by atoms with Crippen molar-refractivity contribution in [3.63, 3.8) is 0 Å². The van der Waals surface area contributed by atoms with E-state index in [1.165, 1.54) is 4.57 Å². The summed E-state index contributed by atoms with van der Waals surface area (Å²) in [5, 5.41) is 6.90. The van der Waals surface area contributed by atoms with Gasteiger partial charge in [0.05, 0.1) is 5.52 Å². The molecule has 1 aliphatic heterocycles. The standard InChI is InChI=1S/C26H24N4O4/c1-16-7-9-20(17(2)11-16)28-24(31)14-30-21-6-4-3-5-19(21)25(29-26(30)32)27-13-18-8-10-22-23(12-18)34-15-33-22/h3-12H,13-15H2,1-2H3,(H,28,31)(H,27,29,32). The third-order valence-corrected chi connectivity index (χ3v) is 5.74. The van der Waals surface area contributed by atoms with Crippen LogP contribution < -0.4 is 25.8 Å². The molecule has 34 heavy (non-hydrogen) atoms. The van der Waals surface area contributed by atoms with Gasteiger partial charge in [0.15, 0.2) is 11.5 Å². The molecule has 0 atom stereocenters. The fourth-order valence-electron chi connectivity index (χ4n) is 4.04. The summed E-state index contributed by atoms with van der Waals surface area (Å²) < 4.78 is 12.2. The summed E-state index contributed by atoms with van der Waals surface area (Å²) in [7, 11) is 0. The van der Waals surface area contributed by atoms with E-state index >= 15 is 0 Å². The molecule has 0 saturated heterocycles. The van der Waals surface area contributed by atoms with Gasteiger partial charge in [-0.05, 0) is 55.3 Å². The normalized spacial score (nSPS) is 12.1. The van der Waals surface area contributed by atoms with Gasteiger partial charge in [-0.25, -0.2) is 4.79 Å². The van der Waals surface area contributed by atoms with Gasteiger partial charge in [-0.15, -0.1) is 0 Å². The van der Waals surface area contributed by atoms with Gasteiger partial charge in [-0.1, -0.05) is 35.9 Å². The predicted octanol–water partition coefficient (Wildman–Crippen LogP) is 3.99. The summed E-state index contributed by atoms with van der Waals surface area (Å²) >= 11 is 0. The van der Waals surface area contributed by atoms with Crippen molar-refractivity contribution in [3.8, 4) is 11.5 Å². The zero-order valence-corrected chi connectivity index (χ0v) is 18.9. The largest absolute Gasteiger partial charge is 0.454 e. The Hall–Kier alpha value is -4.33. The quantitative estimate of drug-likeness (QED) is 0.456. The first-order valence-corrected chi connectivity index (χ1v) is 11.0. The first-order valence-electron chi connectivity index (χ1n) is 11.0. The first-order chi connectivity index (χ1) is 16.5. The number of hydrogen-bond donors (Lipinski definition) is 2. The fraction of sp³-hybridized carbons (Fsp3) is 0.192. The second-order valence-electron chi connectivity index (χ2n) is 8.25. The molecule has 0 spiro atoms. The van der Waals surface area contributed by atoms with Gasteiger partial charge in [-0.2, -0.15) is 4.98 Å². The average Bonchev–Trinajstić information content (AvgIpc) is 3.29. The molecule has 0 bridgehead atoms. The molecule has 3 aromatic carbocycles. The second kappa shape index (κ2) is 8.90. The molecule has 2 heterocycles. The van der Waals surface area contributed by atoms with Gasteiger partial charge >= 0.3 is 5.69 Å². The number of aryl methyl sites for hydroxylation is 2. The van der Waals surface area contributed by atoms with Crippen LogP contribution in [-0.2, 0) is 17.9 Å². The summed E-state index contributed by atoms with van der Waals surface area (Å²) in [5.74, 6) is 1.59. The molecule has 2 N–H and O–H groups in total. The maximum atomic E-state index is 12.9. The first kappa shape index (κ1) is 21.5. The van der Waals surface area contributed by atoms with Gasteiger partial charge in [-0.3, -0.25) is 9.36 Å². The lowest BCUT2D eigenvalue weighted by Crippen LogP contribution is -2.30. The molecule has 8 nitrogen and oxygen atoms in total. The molecule has 0 radical (unpaired) electrons. The van der Waals surface area contributed by atoms with Crippen molar-refractivity contribution in [1.82, 2.24) is 9.55 Å². The summed E-state index contributed by atoms with van der Waals surface area (Å²) in [6.07, 6.45) is 0. The maximum Gasteiger partial charge on any atom is 0.350 e. The number of ether oxygens (including phenoxy) is 2. The van der Waals surface area contributed by atoms with Crippen molar-refractivity contribution < 1.29 is 14.3 Å². The van der Waals surface area contributed by atoms with Crippen LogP contribution in [0, 0.1) is 13.8 Å². The Morgan fingerprint density at radius 1 is 1.03 bits per heavy atom. The predicted molar refractivity (Wildman–Crippen MR) is 130 cm³/mol. The SMILES string of the molecule is Cc1ccc(NC(=O)Cn2c(=O)nc(NCc3ccc4c(c3)OCO4)c3ccccc32)c(C)c1. The molecule has 1 aliphatic rings. The summed E-state index contributed by atoms with van der Waals surface area (Å²) in [6, 6.07) is 18.9. The van der Waals surface area contributed by atoms with Crippen LogP contribution >= 0.6 is 0 Å². The summed E-state index contributed by atoms with van der Waals surface area (Å²) in [4.78, 5) is 29.9. The fourth-order valence-corrected chi connectivity index (χ4v) is 4.04. The number of benzene rings is 3. The number of para-hydroxylation sites is 1. The lowest BCUT2D eigenvalue weighted by atomic mass is 10.1. The third kappa shape index (κ3) is 4.30. The Bertz CT molecular complexity index is 1460. The average molecular weight is 457 g/mol. The number of aromatic nitrogens is 2. The Balaban J connectivity index is 1.38. The zero-order chi connectivity index (χ0) is 23.7. The number of carbonyl (C=O) groups excluding carboxylic acids is 1. The van der Waals surface area contributed by atoms with Gasteiger partial charge in [0.1, 0.15) is 12.4 Å². The van der Waals surface area contributed by atoms with E-state index in [1.807, 2.05) is 74.5 Å². The molecule has 1 aromatic heterocycles. The Morgan fingerprint density at radius 3 is 2.71 bits per heavy atom. The molecule has 0 fully saturated rings. The van der Waals surface area contributed by atoms with Crippen LogP contribution in [0.25, 0.3) is 10.9 Å². The van der Waals surface area contributed by atoms with Crippen LogP contribution in [-0.4, -0.2) is 22.3 Å². The van der Waals surface area contributed by atoms with Crippen LogP contribution in [0.3, 0.4) is 0 Å². The number of rotatable bonds is 6. The molecule has 0 saturated carbocycles. The molecular weight excluding hydrogens is 432 g/mol. The van der Waals surface area contributed by atoms with Crippen LogP contribution in [0.15, 0.2) is 65.5 Å². The smallest absolute Gasteiger partial charge is 0.350 e. The minimum atomic E-state index is -0.498. The van der Waals surface area contributed by atoms with Crippen molar-refractivity contribution >= 4 is 28.3 Å². The van der Waals surface area contributed by atoms with E-state index in [1.54, 1.807) is 0 Å². The minimum Gasteiger partial charge on any atom is -0.454 e. The number of nitrogens with one attached hydrogen (secondary N) is 2. The highest BCUT2D eigenvalue weighted by molar-refractivity contribution is 5.94. The number of fused-ring (bicyclic) bond motifs is 2. The minimum absolute atomic E-state index is 0.137. The zero-order valence-electron chi connectivity index (χ0n) is 18.9. The van der Waals surface area contributed by atoms with E-state index in [9.17, 15) is 9.59 Å². The molecule has 8 heteroatoms. The van der Waals surface area contributed by atoms with Crippen LogP contribution in [0.2, 0.25) is 0 Å². The van der Waals surface area contributed by atoms with Crippen LogP contribution in [0.1, 0.15) is 16.7 Å². The number of anilines is 2. The van der Waals surface area contributed by atoms with E-state index in [0.717, 1.165) is 27.8 Å². The van der Waals surface area contributed by atoms with E-state index in [4.69, 9.17) is 9.47 Å². The Labute approximate surface area is 196 Å². The lowest BCUT2D eigenvalue weighted by molar-refractivity contribution is -0.116. The highest BCUT2D eigenvalue weighted by atomic mass is 16.7. The highest BCUT2D eigenvalue weighted by Crippen LogP contribution is 2.32. The highest BCUT2D eigenvalue weighted by Gasteiger charge is 2.16. The maximum absolute atomic E-state index is 12.9. The molecular formula is C26H24N4O4. The third-order valence-electron chi connectivity index (χ3n) is 5.74. The lowest BCUT2D eigenvalue weighted by Gasteiger charge is -2.14. The molecule has 172 valence electrons. The van der Waals surface area contributed by atoms with Crippen molar-refractivity contribution in [2.75, 3.05) is 17.4 Å². The van der Waals surface area contributed by atoms with Crippen LogP contribution in [0.5, 0.6) is 11.5 Å². The van der Waals surface area contributed by atoms with Crippen molar-refractivity contribution in [1.29, 1.82) is 0 Å². The van der Waals surface area contributed by atoms with Crippen molar-refractivity contribution in [3.05, 3.63) is 87.8 Å². The van der Waals surface area contributed by atoms with Crippen molar-refractivity contribution in [2.24, 2.45) is 0 Å². The van der Waals surface area contributed by atoms with E-state index < -0.39 is 5.69 Å². The van der Waals surface area contributed by atoms with Gasteiger partial charge < -0.3 is 20.1 Å². The molecule has 4 aromatic rings. The van der Waals surface area contributed by atoms with Crippen molar-refractivity contribution in [2.45, 2.75) is 26.9 Å². The second-order valence-corrected chi connectivity index (χ2v) is 8.25. The Morgan fingerprint density at radius 2 is 1.85 bits per heavy atom. The molecule has 0 unspecified atom stereocenters. The monoisotopic (exact) mass is 456 g/mol. The topological polar surface area (TPSA) is 94.5 Å². The van der Waals surface area contributed by atoms with E-state index in [-0.39, 0.29) is 19.2 Å². The number of carbonyl (C=O) groups is 1. The Kier molecular flexibility index (Phi) is 5.63. The summed E-state index contributed by atoms with van der Waals surface area (Å²) in [5.41, 5.74) is 3.90. The summed E-state index contributed by atoms with van der Waals surface area (Å²) in [6.45, 7) is 4.46. The van der Waals surface area contributed by atoms with Crippen LogP contribution in [0.4, 0.5) is 11.5 Å². The molecule has 0 aliphatic carbocycles. The number of amides is 1. The molecule has 5 rings (SSSR count). The molecule has 1 amide bonds. The van der Waals surface area contributed by atoms with E-state index in [2.05, 4.69) is 15.6 Å². The van der Waals surface area contributed by atoms with Gasteiger partial charge in [0.2, 0.25) is 12.7 Å². The van der Waals surface area contributed by atoms with Gasteiger partial charge in [0, 0.05) is 17.6 Å². The number of hydrogen-bond acceptors (Lipinski definition) is 6. The van der Waals surface area contributed by atoms with E-state index in [0.29, 0.717) is 29.4 Å². The number of nitrogens with zero attached hydrogens (tertiary/aromatic N) is 2. The van der Waals surface area contributed by atoms with Gasteiger partial charge in [0.25, 0.3) is 0 Å².